The van der Waals surface area contributed by atoms with E-state index in [0.29, 0.717) is 28.0 Å². The average Bonchev–Trinajstić information content (AvgIpc) is 2.62. The fraction of sp³-hybridized carbons (Fsp3) is 0.263. The van der Waals surface area contributed by atoms with Crippen molar-refractivity contribution >= 4 is 46.4 Å². The first-order valence-electron chi connectivity index (χ1n) is 8.36. The van der Waals surface area contributed by atoms with Gasteiger partial charge in [0.05, 0.1) is 28.3 Å². The van der Waals surface area contributed by atoms with Gasteiger partial charge in [0.1, 0.15) is 5.82 Å². The summed E-state index contributed by atoms with van der Waals surface area (Å²) in [5.74, 6) is -1.13. The van der Waals surface area contributed by atoms with E-state index in [1.807, 2.05) is 6.92 Å². The lowest BCUT2D eigenvalue weighted by Crippen LogP contribution is -2.45. The van der Waals surface area contributed by atoms with Crippen molar-refractivity contribution in [2.45, 2.75) is 19.9 Å². The minimum Gasteiger partial charge on any atom is -0.325 e. The van der Waals surface area contributed by atoms with Crippen LogP contribution in [0.3, 0.4) is 0 Å². The number of nitrogens with one attached hydrogen (secondary N) is 2. The first kappa shape index (κ1) is 21.2. The van der Waals surface area contributed by atoms with Crippen molar-refractivity contribution < 1.29 is 14.0 Å². The highest BCUT2D eigenvalue weighted by Gasteiger charge is 2.23. The minimum atomic E-state index is -0.606. The van der Waals surface area contributed by atoms with Gasteiger partial charge in [0.25, 0.3) is 0 Å². The number of rotatable bonds is 7. The summed E-state index contributed by atoms with van der Waals surface area (Å²) >= 11 is 12.1. The van der Waals surface area contributed by atoms with Gasteiger partial charge in [-0.15, -0.1) is 0 Å². The molecule has 0 fully saturated rings. The summed E-state index contributed by atoms with van der Waals surface area (Å²) in [6.07, 6.45) is 0. The Morgan fingerprint density at radius 1 is 1.11 bits per heavy atom. The molecule has 27 heavy (non-hydrogen) atoms. The highest BCUT2D eigenvalue weighted by molar-refractivity contribution is 6.39. The van der Waals surface area contributed by atoms with Crippen LogP contribution in [0.5, 0.6) is 0 Å². The fourth-order valence-electron chi connectivity index (χ4n) is 2.48. The Balaban J connectivity index is 2.00. The highest BCUT2D eigenvalue weighted by atomic mass is 35.5. The van der Waals surface area contributed by atoms with E-state index in [2.05, 4.69) is 10.6 Å². The zero-order valence-corrected chi connectivity index (χ0v) is 16.4. The van der Waals surface area contributed by atoms with Crippen LogP contribution >= 0.6 is 23.2 Å². The molecule has 2 amide bonds. The van der Waals surface area contributed by atoms with Crippen LogP contribution < -0.4 is 10.6 Å². The third kappa shape index (κ3) is 5.92. The second-order valence-electron chi connectivity index (χ2n) is 5.88. The summed E-state index contributed by atoms with van der Waals surface area (Å²) in [6.45, 7) is 3.94. The molecule has 5 nitrogen and oxygen atoms in total. The number of likely N-dealkylation sites (N-methyl/N-ethyl adjacent to an activating group) is 1. The Hall–Kier alpha value is -2.15. The molecule has 0 aliphatic rings. The van der Waals surface area contributed by atoms with E-state index < -0.39 is 11.9 Å². The maximum Gasteiger partial charge on any atom is 0.241 e. The number of anilines is 2. The normalized spacial score (nSPS) is 11.9. The van der Waals surface area contributed by atoms with Crippen LogP contribution in [0, 0.1) is 5.82 Å². The predicted octanol–water partition coefficient (Wildman–Crippen LogP) is 4.42. The molecular weight excluding hydrogens is 392 g/mol. The second kappa shape index (κ2) is 9.69. The summed E-state index contributed by atoms with van der Waals surface area (Å²) < 4.78 is 13.3. The van der Waals surface area contributed by atoms with Crippen LogP contribution in [0.15, 0.2) is 42.5 Å². The molecule has 144 valence electrons. The number of benzene rings is 2. The van der Waals surface area contributed by atoms with E-state index in [1.54, 1.807) is 36.1 Å². The van der Waals surface area contributed by atoms with Gasteiger partial charge < -0.3 is 10.6 Å². The molecule has 2 N–H and O–H groups in total. The van der Waals surface area contributed by atoms with E-state index in [9.17, 15) is 14.0 Å². The molecule has 0 bridgehead atoms. The van der Waals surface area contributed by atoms with E-state index in [4.69, 9.17) is 23.2 Å². The number of amides is 2. The molecule has 0 aliphatic carbocycles. The monoisotopic (exact) mass is 411 g/mol. The van der Waals surface area contributed by atoms with Gasteiger partial charge in [0.2, 0.25) is 11.8 Å². The van der Waals surface area contributed by atoms with Crippen molar-refractivity contribution in [3.05, 3.63) is 58.3 Å². The molecular formula is C19H20Cl2FN3O2. The maximum absolute atomic E-state index is 13.3. The number of hydrogen-bond acceptors (Lipinski definition) is 3. The smallest absolute Gasteiger partial charge is 0.241 e. The molecule has 2 aromatic carbocycles. The van der Waals surface area contributed by atoms with Gasteiger partial charge in [-0.1, -0.05) is 42.3 Å². The molecule has 2 aromatic rings. The van der Waals surface area contributed by atoms with Crippen molar-refractivity contribution in [1.82, 2.24) is 4.90 Å². The van der Waals surface area contributed by atoms with Crippen molar-refractivity contribution in [2.24, 2.45) is 0 Å². The van der Waals surface area contributed by atoms with Crippen LogP contribution in [-0.4, -0.2) is 35.8 Å². The molecule has 8 heteroatoms. The number of carbonyl (C=O) groups is 2. The number of hydrogen-bond donors (Lipinski definition) is 2. The number of para-hydroxylation sites is 1. The third-order valence-corrected chi connectivity index (χ3v) is 4.63. The van der Waals surface area contributed by atoms with E-state index in [0.717, 1.165) is 0 Å². The molecule has 0 spiro atoms. The predicted molar refractivity (Wildman–Crippen MR) is 107 cm³/mol. The lowest BCUT2D eigenvalue weighted by Gasteiger charge is -2.26. The lowest BCUT2D eigenvalue weighted by atomic mass is 10.2. The first-order valence-corrected chi connectivity index (χ1v) is 9.11. The molecule has 2 rings (SSSR count). The van der Waals surface area contributed by atoms with Crippen molar-refractivity contribution in [3.63, 3.8) is 0 Å². The minimum absolute atomic E-state index is 0.0320. The quantitative estimate of drug-likeness (QED) is 0.708. The summed E-state index contributed by atoms with van der Waals surface area (Å²) in [6, 6.07) is 9.94. The molecule has 0 heterocycles. The second-order valence-corrected chi connectivity index (χ2v) is 6.70. The Kier molecular flexibility index (Phi) is 7.59. The van der Waals surface area contributed by atoms with Crippen LogP contribution in [-0.2, 0) is 9.59 Å². The molecule has 0 saturated carbocycles. The van der Waals surface area contributed by atoms with E-state index in [1.165, 1.54) is 18.2 Å². The standard InChI is InChI=1S/C19H20Cl2FN3O2/c1-3-25(11-17(26)24-18-15(20)8-5-9-16(18)21)12(2)19(27)23-14-7-4-6-13(22)10-14/h4-10,12H,3,11H2,1-2H3,(H,23,27)(H,24,26). The molecule has 1 atom stereocenters. The lowest BCUT2D eigenvalue weighted by molar-refractivity contribution is -0.123. The largest absolute Gasteiger partial charge is 0.325 e. The van der Waals surface area contributed by atoms with Gasteiger partial charge in [-0.25, -0.2) is 4.39 Å². The van der Waals surface area contributed by atoms with Gasteiger partial charge in [0, 0.05) is 5.69 Å². The molecule has 1 unspecified atom stereocenters. The fourth-order valence-corrected chi connectivity index (χ4v) is 2.97. The SMILES string of the molecule is CCN(CC(=O)Nc1c(Cl)cccc1Cl)C(C)C(=O)Nc1cccc(F)c1. The summed E-state index contributed by atoms with van der Waals surface area (Å²) in [4.78, 5) is 26.5. The topological polar surface area (TPSA) is 61.4 Å². The van der Waals surface area contributed by atoms with Gasteiger partial charge in [-0.3, -0.25) is 14.5 Å². The first-order chi connectivity index (χ1) is 12.8. The van der Waals surface area contributed by atoms with E-state index >= 15 is 0 Å². The van der Waals surface area contributed by atoms with Crippen LogP contribution in [0.25, 0.3) is 0 Å². The van der Waals surface area contributed by atoms with Gasteiger partial charge in [-0.05, 0) is 43.8 Å². The van der Waals surface area contributed by atoms with Crippen molar-refractivity contribution in [1.29, 1.82) is 0 Å². The Labute approximate surface area is 167 Å². The molecule has 0 radical (unpaired) electrons. The Bertz CT molecular complexity index is 812. The Morgan fingerprint density at radius 3 is 2.33 bits per heavy atom. The molecule has 0 aliphatic heterocycles. The number of halogens is 3. The van der Waals surface area contributed by atoms with Gasteiger partial charge in [-0.2, -0.15) is 0 Å². The number of carbonyl (C=O) groups excluding carboxylic acids is 2. The Morgan fingerprint density at radius 2 is 1.74 bits per heavy atom. The zero-order valence-electron chi connectivity index (χ0n) is 14.9. The van der Waals surface area contributed by atoms with E-state index in [-0.39, 0.29) is 18.4 Å². The third-order valence-electron chi connectivity index (χ3n) is 4.00. The highest BCUT2D eigenvalue weighted by Crippen LogP contribution is 2.29. The van der Waals surface area contributed by atoms with Crippen LogP contribution in [0.2, 0.25) is 10.0 Å². The van der Waals surface area contributed by atoms with Crippen LogP contribution in [0.4, 0.5) is 15.8 Å². The summed E-state index contributed by atoms with van der Waals surface area (Å²) in [5.41, 5.74) is 0.689. The molecule has 0 saturated heterocycles. The van der Waals surface area contributed by atoms with Crippen molar-refractivity contribution in [2.75, 3.05) is 23.7 Å². The summed E-state index contributed by atoms with van der Waals surface area (Å²) in [7, 11) is 0. The van der Waals surface area contributed by atoms with Crippen LogP contribution in [0.1, 0.15) is 13.8 Å². The summed E-state index contributed by atoms with van der Waals surface area (Å²) in [5, 5.41) is 5.97. The average molecular weight is 412 g/mol. The zero-order chi connectivity index (χ0) is 20.0. The van der Waals surface area contributed by atoms with Gasteiger partial charge in [0.15, 0.2) is 0 Å². The molecule has 0 aromatic heterocycles. The van der Waals surface area contributed by atoms with Crippen molar-refractivity contribution in [3.8, 4) is 0 Å². The number of nitrogens with zero attached hydrogens (tertiary/aromatic N) is 1. The maximum atomic E-state index is 13.3. The van der Waals surface area contributed by atoms with Gasteiger partial charge >= 0.3 is 0 Å².